The van der Waals surface area contributed by atoms with Crippen LogP contribution in [0.1, 0.15) is 51.2 Å². The molecular formula is C37H49N9O7. The van der Waals surface area contributed by atoms with E-state index in [0.29, 0.717) is 31.4 Å². The highest BCUT2D eigenvalue weighted by Crippen LogP contribution is 2.20. The second-order valence-corrected chi connectivity index (χ2v) is 13.2. The van der Waals surface area contributed by atoms with Gasteiger partial charge in [0.1, 0.15) is 30.2 Å². The minimum absolute atomic E-state index is 0.00966. The van der Waals surface area contributed by atoms with E-state index >= 15 is 0 Å². The molecule has 284 valence electrons. The average Bonchev–Trinajstić information content (AvgIpc) is 3.74. The van der Waals surface area contributed by atoms with Gasteiger partial charge in [-0.3, -0.25) is 24.0 Å². The number of nitrogens with one attached hydrogen (secondary N) is 7. The number of carboxylic acid groups (broad SMARTS) is 1. The monoisotopic (exact) mass is 731 g/mol. The van der Waals surface area contributed by atoms with Crippen LogP contribution in [0.2, 0.25) is 0 Å². The molecule has 16 nitrogen and oxygen atoms in total. The standard InChI is InChI=1S/C37H49N9O7/c1-20(32(47)43-22(3)34(49)46-31(37(52)53)17-24-19-41-29-14-7-5-11-26(24)29)42-33(48)21(2)44-36(51)30(45-35(50)27(39)12-8-9-15-38)16-23-18-40-28-13-6-4-10-25(23)28/h4-7,10-11,13-14,18-22,27,30-31,40-41H,8-9,12,15-17,38-39H2,1-3H3,(H,42,48)(H,43,47)(H,44,51)(H,45,50)(H,46,49)(H,52,53)/t20-,21-,22-,27-,30-,31-/m0/s1. The van der Waals surface area contributed by atoms with Crippen LogP contribution in [0.15, 0.2) is 60.9 Å². The van der Waals surface area contributed by atoms with E-state index < -0.39 is 71.8 Å². The van der Waals surface area contributed by atoms with Gasteiger partial charge in [0.15, 0.2) is 0 Å². The first-order valence-corrected chi connectivity index (χ1v) is 17.6. The SMILES string of the molecule is C[C@H](NC(=O)[C@H](C)NC(=O)[C@H](Cc1c[nH]c2ccccc12)NC(=O)[C@@H](N)CCCCN)C(=O)N[C@@H](C)C(=O)N[C@@H](Cc1c[nH]c2ccccc12)C(=O)O. The van der Waals surface area contributed by atoms with Gasteiger partial charge < -0.3 is 53.1 Å². The minimum atomic E-state index is -1.26. The van der Waals surface area contributed by atoms with E-state index in [1.807, 2.05) is 48.5 Å². The van der Waals surface area contributed by atoms with Crippen LogP contribution in [-0.4, -0.2) is 93.4 Å². The van der Waals surface area contributed by atoms with E-state index in [1.54, 1.807) is 12.4 Å². The normalized spacial score (nSPS) is 14.7. The van der Waals surface area contributed by atoms with Crippen LogP contribution < -0.4 is 38.1 Å². The molecule has 53 heavy (non-hydrogen) atoms. The highest BCUT2D eigenvalue weighted by molar-refractivity contribution is 5.96. The third-order valence-corrected chi connectivity index (χ3v) is 9.01. The van der Waals surface area contributed by atoms with Crippen LogP contribution in [0.3, 0.4) is 0 Å². The van der Waals surface area contributed by atoms with Gasteiger partial charge in [-0.2, -0.15) is 0 Å². The van der Waals surface area contributed by atoms with E-state index in [0.717, 1.165) is 27.4 Å². The number of carboxylic acids is 1. The average molecular weight is 732 g/mol. The van der Waals surface area contributed by atoms with Crippen molar-refractivity contribution in [3.05, 3.63) is 72.1 Å². The van der Waals surface area contributed by atoms with Gasteiger partial charge in [0.2, 0.25) is 29.5 Å². The quantitative estimate of drug-likeness (QED) is 0.0600. The molecule has 0 aliphatic carbocycles. The molecule has 0 aliphatic rings. The molecule has 5 amide bonds. The predicted octanol–water partition coefficient (Wildman–Crippen LogP) is 0.459. The molecule has 2 aromatic heterocycles. The zero-order valence-corrected chi connectivity index (χ0v) is 30.0. The molecule has 4 aromatic rings. The molecule has 4 rings (SSSR count). The van der Waals surface area contributed by atoms with E-state index in [-0.39, 0.29) is 12.8 Å². The molecule has 0 radical (unpaired) electrons. The lowest BCUT2D eigenvalue weighted by molar-refractivity contribution is -0.142. The summed E-state index contributed by atoms with van der Waals surface area (Å²) in [5.41, 5.74) is 14.8. The topological polar surface area (TPSA) is 266 Å². The van der Waals surface area contributed by atoms with Gasteiger partial charge >= 0.3 is 5.97 Å². The molecule has 2 heterocycles. The van der Waals surface area contributed by atoms with Crippen molar-refractivity contribution in [1.82, 2.24) is 36.6 Å². The van der Waals surface area contributed by atoms with Crippen LogP contribution >= 0.6 is 0 Å². The summed E-state index contributed by atoms with van der Waals surface area (Å²) in [6.07, 6.45) is 5.28. The number of rotatable bonds is 19. The number of unbranched alkanes of at least 4 members (excludes halogenated alkanes) is 1. The Morgan fingerprint density at radius 2 is 1.06 bits per heavy atom. The molecule has 0 fully saturated rings. The summed E-state index contributed by atoms with van der Waals surface area (Å²) in [6.45, 7) is 4.68. The van der Waals surface area contributed by atoms with Crippen molar-refractivity contribution in [2.24, 2.45) is 11.5 Å². The van der Waals surface area contributed by atoms with Crippen molar-refractivity contribution in [3.63, 3.8) is 0 Å². The van der Waals surface area contributed by atoms with Crippen LogP contribution in [0, 0.1) is 0 Å². The fraction of sp³-hybridized carbons (Fsp3) is 0.405. The summed E-state index contributed by atoms with van der Waals surface area (Å²) in [4.78, 5) is 83.7. The molecule has 0 saturated carbocycles. The maximum atomic E-state index is 13.5. The number of aromatic nitrogens is 2. The number of para-hydroxylation sites is 2. The van der Waals surface area contributed by atoms with Gasteiger partial charge in [-0.25, -0.2) is 4.79 Å². The largest absolute Gasteiger partial charge is 0.480 e. The Morgan fingerprint density at radius 3 is 1.55 bits per heavy atom. The summed E-state index contributed by atoms with van der Waals surface area (Å²) in [5.74, 6) is -4.53. The number of carbonyl (C=O) groups is 6. The maximum absolute atomic E-state index is 13.5. The number of nitrogens with two attached hydrogens (primary N) is 2. The molecule has 0 aliphatic heterocycles. The number of H-pyrrole nitrogens is 2. The van der Waals surface area contributed by atoms with Gasteiger partial charge in [-0.1, -0.05) is 42.8 Å². The van der Waals surface area contributed by atoms with Crippen molar-refractivity contribution in [1.29, 1.82) is 0 Å². The Kier molecular flexibility index (Phi) is 14.1. The van der Waals surface area contributed by atoms with E-state index in [1.165, 1.54) is 20.8 Å². The molecule has 0 unspecified atom stereocenters. The first-order valence-electron chi connectivity index (χ1n) is 17.6. The van der Waals surface area contributed by atoms with Gasteiger partial charge in [-0.05, 0) is 63.4 Å². The smallest absolute Gasteiger partial charge is 0.326 e. The Morgan fingerprint density at radius 1 is 0.623 bits per heavy atom. The third-order valence-electron chi connectivity index (χ3n) is 9.01. The number of fused-ring (bicyclic) bond motifs is 2. The number of carbonyl (C=O) groups excluding carboxylic acids is 5. The van der Waals surface area contributed by atoms with Crippen molar-refractivity contribution >= 4 is 57.3 Å². The highest BCUT2D eigenvalue weighted by Gasteiger charge is 2.30. The molecule has 16 heteroatoms. The summed E-state index contributed by atoms with van der Waals surface area (Å²) < 4.78 is 0. The second-order valence-electron chi connectivity index (χ2n) is 13.2. The molecule has 2 aromatic carbocycles. The van der Waals surface area contributed by atoms with Crippen LogP contribution in [0.4, 0.5) is 0 Å². The van der Waals surface area contributed by atoms with E-state index in [2.05, 4.69) is 36.6 Å². The van der Waals surface area contributed by atoms with E-state index in [9.17, 15) is 33.9 Å². The second kappa shape index (κ2) is 18.7. The van der Waals surface area contributed by atoms with E-state index in [4.69, 9.17) is 11.5 Å². The number of aromatic amines is 2. The molecule has 0 saturated heterocycles. The van der Waals surface area contributed by atoms with Crippen molar-refractivity contribution in [2.45, 2.75) is 89.1 Å². The first-order chi connectivity index (χ1) is 25.3. The fourth-order valence-corrected chi connectivity index (χ4v) is 5.85. The Balaban J connectivity index is 1.32. The van der Waals surface area contributed by atoms with Gasteiger partial charge in [0.05, 0.1) is 6.04 Å². The van der Waals surface area contributed by atoms with Crippen molar-refractivity contribution in [3.8, 4) is 0 Å². The molecular weight excluding hydrogens is 682 g/mol. The van der Waals surface area contributed by atoms with Crippen LogP contribution in [-0.2, 0) is 41.6 Å². The summed E-state index contributed by atoms with van der Waals surface area (Å²) in [7, 11) is 0. The van der Waals surface area contributed by atoms with Crippen LogP contribution in [0.5, 0.6) is 0 Å². The number of hydrogen-bond acceptors (Lipinski definition) is 8. The van der Waals surface area contributed by atoms with Crippen molar-refractivity contribution in [2.75, 3.05) is 6.54 Å². The van der Waals surface area contributed by atoms with Crippen molar-refractivity contribution < 1.29 is 33.9 Å². The summed E-state index contributed by atoms with van der Waals surface area (Å²) >= 11 is 0. The zero-order chi connectivity index (χ0) is 38.7. The molecule has 0 bridgehead atoms. The molecule has 6 atom stereocenters. The molecule has 12 N–H and O–H groups in total. The number of amides is 5. The minimum Gasteiger partial charge on any atom is -0.480 e. The number of benzene rings is 2. The lowest BCUT2D eigenvalue weighted by atomic mass is 10.0. The maximum Gasteiger partial charge on any atom is 0.326 e. The Bertz CT molecular complexity index is 1920. The predicted molar refractivity (Wildman–Crippen MR) is 199 cm³/mol. The van der Waals surface area contributed by atoms with Gasteiger partial charge in [0, 0.05) is 47.0 Å². The number of aliphatic carboxylic acids is 1. The molecule has 0 spiro atoms. The lowest BCUT2D eigenvalue weighted by Gasteiger charge is -2.24. The van der Waals surface area contributed by atoms with Crippen LogP contribution in [0.25, 0.3) is 21.8 Å². The Hall–Kier alpha value is -5.74. The summed E-state index contributed by atoms with van der Waals surface area (Å²) in [5, 5.41) is 24.3. The number of hydrogen-bond donors (Lipinski definition) is 10. The fourth-order valence-electron chi connectivity index (χ4n) is 5.85. The van der Waals surface area contributed by atoms with Gasteiger partial charge in [0.25, 0.3) is 0 Å². The third kappa shape index (κ3) is 10.9. The summed E-state index contributed by atoms with van der Waals surface area (Å²) in [6, 6.07) is 8.27. The zero-order valence-electron chi connectivity index (χ0n) is 30.0. The highest BCUT2D eigenvalue weighted by atomic mass is 16.4. The van der Waals surface area contributed by atoms with Gasteiger partial charge in [-0.15, -0.1) is 0 Å². The lowest BCUT2D eigenvalue weighted by Crippen LogP contribution is -2.58. The Labute approximate surface area is 306 Å². The first kappa shape index (κ1) is 40.0.